The van der Waals surface area contributed by atoms with Crippen LogP contribution in [0, 0.1) is 0 Å². The number of alkyl halides is 2. The zero-order chi connectivity index (χ0) is 20.6. The molecule has 9 heteroatoms. The van der Waals surface area contributed by atoms with E-state index in [2.05, 4.69) is 20.5 Å². The van der Waals surface area contributed by atoms with Gasteiger partial charge in [0.2, 0.25) is 0 Å². The maximum Gasteiger partial charge on any atom is 0.387 e. The van der Waals surface area contributed by atoms with Gasteiger partial charge in [-0.15, -0.1) is 24.0 Å². The highest BCUT2D eigenvalue weighted by Crippen LogP contribution is 2.29. The number of ether oxygens (including phenoxy) is 2. The van der Waals surface area contributed by atoms with Crippen molar-refractivity contribution >= 4 is 29.9 Å². The van der Waals surface area contributed by atoms with Crippen LogP contribution < -0.4 is 20.1 Å². The summed E-state index contributed by atoms with van der Waals surface area (Å²) in [5, 5.41) is 6.67. The molecule has 0 atom stereocenters. The maximum absolute atomic E-state index is 12.8. The minimum absolute atomic E-state index is 0. The molecule has 1 aromatic carbocycles. The standard InChI is InChI=1S/C21H32F2N4O2.HI/c1-3-12-28-18-7-4-15(19(13-18)29-20(22)23)14-25-21(24-2)26-16-8-10-27(11-9-16)17-5-6-17;/h4,7,13,16-17,20H,3,5-6,8-12,14H2,1-2H3,(H2,24,25,26);1H. The van der Waals surface area contributed by atoms with Crippen LogP contribution in [-0.2, 0) is 6.54 Å². The molecule has 1 aliphatic carbocycles. The highest BCUT2D eigenvalue weighted by molar-refractivity contribution is 14.0. The molecule has 1 saturated heterocycles. The molecule has 1 saturated carbocycles. The molecule has 0 radical (unpaired) electrons. The Hall–Kier alpha value is -1.36. The molecule has 3 rings (SSSR count). The predicted octanol–water partition coefficient (Wildman–Crippen LogP) is 3.99. The first-order chi connectivity index (χ1) is 14.1. The Bertz CT molecular complexity index is 681. The molecular formula is C21H33F2IN4O2. The molecule has 170 valence electrons. The van der Waals surface area contributed by atoms with Gasteiger partial charge in [0.05, 0.1) is 6.61 Å². The largest absolute Gasteiger partial charge is 0.493 e. The molecule has 0 amide bonds. The van der Waals surface area contributed by atoms with Crippen molar-refractivity contribution in [1.82, 2.24) is 15.5 Å². The third kappa shape index (κ3) is 7.72. The summed E-state index contributed by atoms with van der Waals surface area (Å²) in [6, 6.07) is 6.22. The Morgan fingerprint density at radius 3 is 2.57 bits per heavy atom. The van der Waals surface area contributed by atoms with E-state index in [0.29, 0.717) is 36.5 Å². The average Bonchev–Trinajstić information content (AvgIpc) is 3.56. The van der Waals surface area contributed by atoms with E-state index in [4.69, 9.17) is 9.47 Å². The summed E-state index contributed by atoms with van der Waals surface area (Å²) in [4.78, 5) is 6.85. The second kappa shape index (κ2) is 12.5. The molecule has 30 heavy (non-hydrogen) atoms. The fourth-order valence-corrected chi connectivity index (χ4v) is 3.61. The molecule has 0 aromatic heterocycles. The van der Waals surface area contributed by atoms with Gasteiger partial charge in [-0.25, -0.2) is 0 Å². The first-order valence-electron chi connectivity index (χ1n) is 10.5. The number of nitrogens with zero attached hydrogens (tertiary/aromatic N) is 2. The fourth-order valence-electron chi connectivity index (χ4n) is 3.61. The van der Waals surface area contributed by atoms with Gasteiger partial charge in [0.25, 0.3) is 0 Å². The Kier molecular flexibility index (Phi) is 10.4. The molecule has 0 spiro atoms. The first kappa shape index (κ1) is 24.9. The highest BCUT2D eigenvalue weighted by Gasteiger charge is 2.31. The minimum atomic E-state index is -2.88. The monoisotopic (exact) mass is 538 g/mol. The molecule has 2 aliphatic rings. The Morgan fingerprint density at radius 1 is 1.23 bits per heavy atom. The Balaban J connectivity index is 0.00000320. The van der Waals surface area contributed by atoms with E-state index in [1.54, 1.807) is 19.2 Å². The number of piperidine rings is 1. The Morgan fingerprint density at radius 2 is 1.97 bits per heavy atom. The summed E-state index contributed by atoms with van der Waals surface area (Å²) in [7, 11) is 1.72. The van der Waals surface area contributed by atoms with Crippen LogP contribution in [0.4, 0.5) is 8.78 Å². The number of likely N-dealkylation sites (tertiary alicyclic amines) is 1. The van der Waals surface area contributed by atoms with Gasteiger partial charge in [0.15, 0.2) is 5.96 Å². The van der Waals surface area contributed by atoms with Crippen molar-refractivity contribution in [2.24, 2.45) is 4.99 Å². The molecular weight excluding hydrogens is 505 g/mol. The van der Waals surface area contributed by atoms with Crippen LogP contribution in [0.2, 0.25) is 0 Å². The number of aliphatic imine (C=N–C) groups is 1. The normalized spacial score (nSPS) is 18.1. The zero-order valence-electron chi connectivity index (χ0n) is 17.7. The van der Waals surface area contributed by atoms with Crippen molar-refractivity contribution in [3.63, 3.8) is 0 Å². The lowest BCUT2D eigenvalue weighted by atomic mass is 10.1. The average molecular weight is 538 g/mol. The number of halogens is 3. The van der Waals surface area contributed by atoms with E-state index in [9.17, 15) is 8.78 Å². The van der Waals surface area contributed by atoms with Gasteiger partial charge in [-0.2, -0.15) is 8.78 Å². The lowest BCUT2D eigenvalue weighted by Crippen LogP contribution is -2.48. The van der Waals surface area contributed by atoms with Crippen LogP contribution in [0.15, 0.2) is 23.2 Å². The van der Waals surface area contributed by atoms with E-state index >= 15 is 0 Å². The third-order valence-corrected chi connectivity index (χ3v) is 5.33. The zero-order valence-corrected chi connectivity index (χ0v) is 20.0. The smallest absolute Gasteiger partial charge is 0.387 e. The van der Waals surface area contributed by atoms with Crippen LogP contribution in [0.25, 0.3) is 0 Å². The Labute approximate surface area is 194 Å². The first-order valence-corrected chi connectivity index (χ1v) is 10.5. The molecule has 1 heterocycles. The summed E-state index contributed by atoms with van der Waals surface area (Å²) in [6.07, 6.45) is 5.69. The van der Waals surface area contributed by atoms with Crippen molar-refractivity contribution in [2.45, 2.75) is 64.3 Å². The van der Waals surface area contributed by atoms with E-state index in [0.717, 1.165) is 38.4 Å². The SMILES string of the molecule is CCCOc1ccc(CNC(=NC)NC2CCN(C3CC3)CC2)c(OC(F)F)c1.I. The molecule has 6 nitrogen and oxygen atoms in total. The van der Waals surface area contributed by atoms with Crippen molar-refractivity contribution in [1.29, 1.82) is 0 Å². The van der Waals surface area contributed by atoms with Gasteiger partial charge in [-0.3, -0.25) is 4.99 Å². The third-order valence-electron chi connectivity index (χ3n) is 5.33. The van der Waals surface area contributed by atoms with E-state index in [1.807, 2.05) is 6.92 Å². The summed E-state index contributed by atoms with van der Waals surface area (Å²) >= 11 is 0. The molecule has 0 bridgehead atoms. The summed E-state index contributed by atoms with van der Waals surface area (Å²) < 4.78 is 35.9. The van der Waals surface area contributed by atoms with Crippen molar-refractivity contribution in [3.8, 4) is 11.5 Å². The minimum Gasteiger partial charge on any atom is -0.493 e. The van der Waals surface area contributed by atoms with Crippen molar-refractivity contribution < 1.29 is 18.3 Å². The van der Waals surface area contributed by atoms with E-state index in [1.165, 1.54) is 18.9 Å². The maximum atomic E-state index is 12.8. The predicted molar refractivity (Wildman–Crippen MR) is 125 cm³/mol. The number of hydrogen-bond donors (Lipinski definition) is 2. The molecule has 1 aliphatic heterocycles. The number of nitrogens with one attached hydrogen (secondary N) is 2. The quantitative estimate of drug-likeness (QED) is 0.283. The van der Waals surface area contributed by atoms with Crippen LogP contribution >= 0.6 is 24.0 Å². The van der Waals surface area contributed by atoms with Crippen LogP contribution in [0.5, 0.6) is 11.5 Å². The summed E-state index contributed by atoms with van der Waals surface area (Å²) in [5.41, 5.74) is 0.626. The van der Waals surface area contributed by atoms with Gasteiger partial charge in [-0.05, 0) is 44.2 Å². The topological polar surface area (TPSA) is 58.1 Å². The van der Waals surface area contributed by atoms with Crippen molar-refractivity contribution in [2.75, 3.05) is 26.7 Å². The second-order valence-corrected chi connectivity index (χ2v) is 7.61. The number of guanidine groups is 1. The molecule has 1 aromatic rings. The van der Waals surface area contributed by atoms with Crippen LogP contribution in [0.3, 0.4) is 0 Å². The number of benzene rings is 1. The van der Waals surface area contributed by atoms with Crippen molar-refractivity contribution in [3.05, 3.63) is 23.8 Å². The molecule has 0 unspecified atom stereocenters. The van der Waals surface area contributed by atoms with Gasteiger partial charge in [0, 0.05) is 50.4 Å². The van der Waals surface area contributed by atoms with E-state index < -0.39 is 6.61 Å². The highest BCUT2D eigenvalue weighted by atomic mass is 127. The summed E-state index contributed by atoms with van der Waals surface area (Å²) in [6.45, 7) is 2.20. The number of hydrogen-bond acceptors (Lipinski definition) is 4. The molecule has 2 fully saturated rings. The van der Waals surface area contributed by atoms with E-state index in [-0.39, 0.29) is 29.7 Å². The summed E-state index contributed by atoms with van der Waals surface area (Å²) in [5.74, 6) is 1.31. The van der Waals surface area contributed by atoms with Gasteiger partial charge >= 0.3 is 6.61 Å². The lowest BCUT2D eigenvalue weighted by molar-refractivity contribution is -0.0505. The number of rotatable bonds is 9. The fraction of sp³-hybridized carbons (Fsp3) is 0.667. The second-order valence-electron chi connectivity index (χ2n) is 7.61. The van der Waals surface area contributed by atoms with Crippen LogP contribution in [-0.4, -0.2) is 56.3 Å². The van der Waals surface area contributed by atoms with Crippen LogP contribution in [0.1, 0.15) is 44.6 Å². The van der Waals surface area contributed by atoms with Gasteiger partial charge < -0.3 is 25.0 Å². The van der Waals surface area contributed by atoms with Gasteiger partial charge in [0.1, 0.15) is 11.5 Å². The van der Waals surface area contributed by atoms with Gasteiger partial charge in [-0.1, -0.05) is 6.92 Å². The lowest BCUT2D eigenvalue weighted by Gasteiger charge is -2.33. The molecule has 2 N–H and O–H groups in total.